The molecule has 0 saturated heterocycles. The summed E-state index contributed by atoms with van der Waals surface area (Å²) in [7, 11) is 1.98. The van der Waals surface area contributed by atoms with Crippen LogP contribution in [0.15, 0.2) is 0 Å². The zero-order valence-electron chi connectivity index (χ0n) is 12.6. The van der Waals surface area contributed by atoms with E-state index in [0.717, 1.165) is 6.54 Å². The van der Waals surface area contributed by atoms with Gasteiger partial charge in [0.1, 0.15) is 0 Å². The second kappa shape index (κ2) is 118. The predicted octanol–water partition coefficient (Wildman–Crippen LogP) is 5.11. The Kier molecular flexibility index (Phi) is 247. The van der Waals surface area contributed by atoms with Crippen molar-refractivity contribution in [2.24, 2.45) is 0 Å². The van der Waals surface area contributed by atoms with Crippen molar-refractivity contribution in [3.05, 3.63) is 0 Å². The van der Waals surface area contributed by atoms with Crippen molar-refractivity contribution in [3.8, 4) is 0 Å². The fourth-order valence-corrected chi connectivity index (χ4v) is 0.354. The highest BCUT2D eigenvalue weighted by Gasteiger charge is 1.73. The molecular weight excluding hydrogens is 170 g/mol. The summed E-state index contributed by atoms with van der Waals surface area (Å²) >= 11 is 0. The summed E-state index contributed by atoms with van der Waals surface area (Å²) in [6.07, 6.45) is 2.59. The van der Waals surface area contributed by atoms with Crippen LogP contribution in [0.5, 0.6) is 0 Å². The normalized spacial score (nSPS) is 5.57. The lowest BCUT2D eigenvalue weighted by Crippen LogP contribution is -2.06. The summed E-state index contributed by atoms with van der Waals surface area (Å²) in [5, 5.41) is 3.07. The van der Waals surface area contributed by atoms with E-state index in [1.54, 1.807) is 0 Å². The molecule has 0 amide bonds. The van der Waals surface area contributed by atoms with E-state index in [-0.39, 0.29) is 0 Å². The Hall–Kier alpha value is -0.0400. The monoisotopic (exact) mass is 207 g/mol. The molecule has 0 atom stereocenters. The molecule has 0 bridgehead atoms. The summed E-state index contributed by atoms with van der Waals surface area (Å²) in [5.74, 6) is 0. The molecule has 0 aromatic carbocycles. The first-order valence-electron chi connectivity index (χ1n) is 6.56. The quantitative estimate of drug-likeness (QED) is 0.634. The Morgan fingerprint density at radius 3 is 1.07 bits per heavy atom. The fourth-order valence-electron chi connectivity index (χ4n) is 0.354. The van der Waals surface area contributed by atoms with Gasteiger partial charge in [0.2, 0.25) is 0 Å². The molecule has 0 saturated carbocycles. The molecule has 0 aromatic heterocycles. The molecule has 0 aromatic rings. The number of rotatable bonds is 3. The van der Waals surface area contributed by atoms with Gasteiger partial charge in [-0.2, -0.15) is 0 Å². The number of hydrogen-bond donors (Lipinski definition) is 1. The zero-order chi connectivity index (χ0) is 12.8. The molecule has 0 spiro atoms. The largest absolute Gasteiger partial charge is 0.320 e. The Balaban J connectivity index is -0.0000000287. The lowest BCUT2D eigenvalue weighted by Gasteiger charge is -1.89. The van der Waals surface area contributed by atoms with E-state index < -0.39 is 0 Å². The number of unbranched alkanes of at least 4 members (excludes halogenated alkanes) is 1. The van der Waals surface area contributed by atoms with E-state index in [9.17, 15) is 0 Å². The SMILES string of the molecule is CC.CC.CC.CC.CCCCNC. The highest BCUT2D eigenvalue weighted by molar-refractivity contribution is 4.34. The summed E-state index contributed by atoms with van der Waals surface area (Å²) in [6.45, 7) is 19.4. The van der Waals surface area contributed by atoms with E-state index in [0.29, 0.717) is 0 Å². The molecule has 0 fully saturated rings. The maximum Gasteiger partial charge on any atom is -0.00520 e. The lowest BCUT2D eigenvalue weighted by atomic mass is 10.3. The zero-order valence-corrected chi connectivity index (χ0v) is 12.6. The van der Waals surface area contributed by atoms with E-state index in [1.165, 1.54) is 12.8 Å². The minimum absolute atomic E-state index is 1.16. The second-order valence-corrected chi connectivity index (χ2v) is 1.46. The van der Waals surface area contributed by atoms with Crippen LogP contribution in [0.2, 0.25) is 0 Å². The molecule has 0 aliphatic carbocycles. The Labute approximate surface area is 94.7 Å². The minimum atomic E-state index is 1.16. The molecule has 0 radical (unpaired) electrons. The van der Waals surface area contributed by atoms with Gasteiger partial charge in [-0.3, -0.25) is 0 Å². The van der Waals surface area contributed by atoms with Crippen LogP contribution in [0.25, 0.3) is 0 Å². The molecule has 1 heteroatoms. The van der Waals surface area contributed by atoms with Crippen molar-refractivity contribution in [2.45, 2.75) is 75.2 Å². The molecule has 0 heterocycles. The van der Waals surface area contributed by atoms with Crippen molar-refractivity contribution in [3.63, 3.8) is 0 Å². The third-order valence-corrected chi connectivity index (χ3v) is 0.780. The molecule has 14 heavy (non-hydrogen) atoms. The Morgan fingerprint density at radius 1 is 0.714 bits per heavy atom. The first kappa shape index (κ1) is 29.2. The van der Waals surface area contributed by atoms with Crippen molar-refractivity contribution in [2.75, 3.05) is 13.6 Å². The van der Waals surface area contributed by atoms with E-state index >= 15 is 0 Å². The van der Waals surface area contributed by atoms with Crippen molar-refractivity contribution < 1.29 is 0 Å². The van der Waals surface area contributed by atoms with Gasteiger partial charge in [0, 0.05) is 0 Å². The van der Waals surface area contributed by atoms with Gasteiger partial charge >= 0.3 is 0 Å². The molecule has 0 rings (SSSR count). The van der Waals surface area contributed by atoms with Gasteiger partial charge in [0.05, 0.1) is 0 Å². The van der Waals surface area contributed by atoms with Crippen molar-refractivity contribution in [1.82, 2.24) is 5.32 Å². The van der Waals surface area contributed by atoms with Crippen LogP contribution in [-0.2, 0) is 0 Å². The first-order valence-corrected chi connectivity index (χ1v) is 6.56. The van der Waals surface area contributed by atoms with Crippen LogP contribution < -0.4 is 5.32 Å². The van der Waals surface area contributed by atoms with Crippen LogP contribution in [0.3, 0.4) is 0 Å². The number of nitrogens with one attached hydrogen (secondary N) is 1. The van der Waals surface area contributed by atoms with Crippen LogP contribution >= 0.6 is 0 Å². The van der Waals surface area contributed by atoms with E-state index in [4.69, 9.17) is 0 Å². The average molecular weight is 207 g/mol. The van der Waals surface area contributed by atoms with Gasteiger partial charge in [-0.25, -0.2) is 0 Å². The second-order valence-electron chi connectivity index (χ2n) is 1.46. The van der Waals surface area contributed by atoms with Gasteiger partial charge in [-0.1, -0.05) is 68.7 Å². The highest BCUT2D eigenvalue weighted by Crippen LogP contribution is 1.79. The summed E-state index contributed by atoms with van der Waals surface area (Å²) < 4.78 is 0. The summed E-state index contributed by atoms with van der Waals surface area (Å²) in [5.41, 5.74) is 0. The van der Waals surface area contributed by atoms with Gasteiger partial charge in [0.15, 0.2) is 0 Å². The third-order valence-electron chi connectivity index (χ3n) is 0.780. The van der Waals surface area contributed by atoms with Crippen molar-refractivity contribution >= 4 is 0 Å². The predicted molar refractivity (Wildman–Crippen MR) is 74.2 cm³/mol. The van der Waals surface area contributed by atoms with Crippen molar-refractivity contribution in [1.29, 1.82) is 0 Å². The average Bonchev–Trinajstić information content (AvgIpc) is 2.36. The van der Waals surface area contributed by atoms with Gasteiger partial charge in [0.25, 0.3) is 0 Å². The maximum atomic E-state index is 3.07. The molecule has 0 aliphatic rings. The minimum Gasteiger partial charge on any atom is -0.320 e. The molecule has 0 unspecified atom stereocenters. The molecule has 0 aliphatic heterocycles. The Morgan fingerprint density at radius 2 is 1.00 bits per heavy atom. The van der Waals surface area contributed by atoms with Gasteiger partial charge in [-0.15, -0.1) is 0 Å². The third kappa shape index (κ3) is 164. The van der Waals surface area contributed by atoms with Crippen LogP contribution in [-0.4, -0.2) is 13.6 Å². The lowest BCUT2D eigenvalue weighted by molar-refractivity contribution is 0.711. The van der Waals surface area contributed by atoms with Crippen LogP contribution in [0.4, 0.5) is 0 Å². The molecule has 94 valence electrons. The van der Waals surface area contributed by atoms with Crippen LogP contribution in [0, 0.1) is 0 Å². The Bertz CT molecular complexity index is 17.2. The molecular formula is C13H37N. The summed E-state index contributed by atoms with van der Waals surface area (Å²) in [4.78, 5) is 0. The van der Waals surface area contributed by atoms with Gasteiger partial charge < -0.3 is 5.32 Å². The van der Waals surface area contributed by atoms with Gasteiger partial charge in [-0.05, 0) is 20.0 Å². The maximum absolute atomic E-state index is 3.07. The molecule has 1 N–H and O–H groups in total. The topological polar surface area (TPSA) is 12.0 Å². The fraction of sp³-hybridized carbons (Fsp3) is 1.00. The van der Waals surface area contributed by atoms with Crippen LogP contribution in [0.1, 0.15) is 75.2 Å². The smallest absolute Gasteiger partial charge is 0.00520 e. The van der Waals surface area contributed by atoms with E-state index in [1.807, 2.05) is 62.4 Å². The van der Waals surface area contributed by atoms with E-state index in [2.05, 4.69) is 12.2 Å². The number of hydrogen-bond acceptors (Lipinski definition) is 1. The molecule has 1 nitrogen and oxygen atoms in total. The first-order chi connectivity index (χ1) is 6.91. The summed E-state index contributed by atoms with van der Waals surface area (Å²) in [6, 6.07) is 0. The highest BCUT2D eigenvalue weighted by atomic mass is 14.8. The standard InChI is InChI=1S/C5H13N.4C2H6/c1-3-4-5-6-2;4*1-2/h6H,3-5H2,1-2H3;4*1-2H3.